The van der Waals surface area contributed by atoms with Crippen molar-refractivity contribution in [2.24, 2.45) is 63.1 Å². The van der Waals surface area contributed by atoms with Gasteiger partial charge < -0.3 is 28.8 Å². The van der Waals surface area contributed by atoms with Gasteiger partial charge in [0.15, 0.2) is 0 Å². The van der Waals surface area contributed by atoms with Crippen LogP contribution >= 0.6 is 0 Å². The minimum Gasteiger partial charge on any atom is -0.463 e. The van der Waals surface area contributed by atoms with E-state index in [4.69, 9.17) is 23.7 Å². The molecule has 8 bridgehead atoms. The standard InChI is InChI=1S/C19H32O2.C16H26O3.C14H26O2.C10H16O4.8CH4/c1-6-18(4,5)17(20)21-19(12(2)3)15-8-13-7-14(10-15)11-16(19)9-13;1-4-14(2,3)13(17)19-16-8-11-5-12(9-16)7-15(18,6-11)10-16;1-5-13(3,4)12(15)16-14(6-2)10-8-7-9-11-14;1-4-10(2,3)9(12)14-7-5-6-13-8(7)11;;;;;;;;/h12-16H,6-11H2,1-5H3;11-12,18H,4-10H2,1-3H3;5-11H2,1-4H3;7H,4-6H2,1-3H3;8*1H4. The van der Waals surface area contributed by atoms with E-state index in [1.807, 2.05) is 62.3 Å². The van der Waals surface area contributed by atoms with Crippen LogP contribution in [0.15, 0.2) is 0 Å². The molecule has 9 aliphatic carbocycles. The van der Waals surface area contributed by atoms with E-state index in [1.165, 1.54) is 57.8 Å². The van der Waals surface area contributed by atoms with E-state index >= 15 is 0 Å². The first-order valence-electron chi connectivity index (χ1n) is 28.3. The fourth-order valence-electron chi connectivity index (χ4n) is 13.5. The van der Waals surface area contributed by atoms with Gasteiger partial charge in [-0.2, -0.15) is 0 Å². The lowest BCUT2D eigenvalue weighted by Crippen LogP contribution is -2.63. The number of aliphatic hydroxyl groups is 1. The fraction of sp³-hybridized carbons (Fsp3) is 0.925. The second-order valence-corrected chi connectivity index (χ2v) is 26.7. The number of esters is 5. The molecule has 10 rings (SSSR count). The zero-order chi connectivity index (χ0) is 52.3. The summed E-state index contributed by atoms with van der Waals surface area (Å²) in [4.78, 5) is 59.9. The Morgan fingerprint density at radius 3 is 1.29 bits per heavy atom. The smallest absolute Gasteiger partial charge is 0.347 e. The monoisotopic (exact) mass is 1110 g/mol. The van der Waals surface area contributed by atoms with E-state index < -0.39 is 28.5 Å². The molecule has 10 fully saturated rings. The van der Waals surface area contributed by atoms with E-state index in [1.54, 1.807) is 13.8 Å². The summed E-state index contributed by atoms with van der Waals surface area (Å²) in [5.74, 6) is 3.79. The third-order valence-electron chi connectivity index (χ3n) is 19.5. The summed E-state index contributed by atoms with van der Waals surface area (Å²) >= 11 is 0. The topological polar surface area (TPSA) is 152 Å². The molecular weight excluding hydrogens is 981 g/mol. The van der Waals surface area contributed by atoms with Crippen molar-refractivity contribution < 1.29 is 52.8 Å². The Bertz CT molecular complexity index is 1780. The van der Waals surface area contributed by atoms with E-state index in [-0.39, 0.29) is 111 Å². The third kappa shape index (κ3) is 18.7. The van der Waals surface area contributed by atoms with Gasteiger partial charge >= 0.3 is 29.8 Å². The fourth-order valence-corrected chi connectivity index (χ4v) is 13.5. The molecule has 0 aromatic carbocycles. The predicted molar refractivity (Wildman–Crippen MR) is 327 cm³/mol. The molecule has 1 saturated heterocycles. The van der Waals surface area contributed by atoms with Gasteiger partial charge in [0.25, 0.3) is 0 Å². The van der Waals surface area contributed by atoms with Crippen molar-refractivity contribution in [3.05, 3.63) is 0 Å². The summed E-state index contributed by atoms with van der Waals surface area (Å²) in [5.41, 5.74) is -2.85. The number of carbonyl (C=O) groups is 5. The van der Waals surface area contributed by atoms with Gasteiger partial charge in [-0.3, -0.25) is 19.2 Å². The van der Waals surface area contributed by atoms with E-state index in [0.717, 1.165) is 76.0 Å². The summed E-state index contributed by atoms with van der Waals surface area (Å²) in [7, 11) is 0. The first-order valence-corrected chi connectivity index (χ1v) is 28.3. The van der Waals surface area contributed by atoms with Crippen LogP contribution in [-0.4, -0.2) is 70.1 Å². The summed E-state index contributed by atoms with van der Waals surface area (Å²) in [6.45, 7) is 30.6. The van der Waals surface area contributed by atoms with Gasteiger partial charge in [-0.1, -0.05) is 114 Å². The molecule has 9 saturated carbocycles. The first kappa shape index (κ1) is 81.8. The van der Waals surface area contributed by atoms with Crippen LogP contribution in [0.5, 0.6) is 0 Å². The van der Waals surface area contributed by atoms with Crippen LogP contribution in [0.1, 0.15) is 305 Å². The summed E-state index contributed by atoms with van der Waals surface area (Å²) in [6, 6.07) is 0. The Morgan fingerprint density at radius 2 is 0.936 bits per heavy atom. The molecule has 0 radical (unpaired) electrons. The lowest BCUT2D eigenvalue weighted by atomic mass is 9.47. The van der Waals surface area contributed by atoms with Crippen molar-refractivity contribution in [3.63, 3.8) is 0 Å². The van der Waals surface area contributed by atoms with Crippen molar-refractivity contribution in [3.8, 4) is 0 Å². The largest absolute Gasteiger partial charge is 0.463 e. The molecule has 466 valence electrons. The second-order valence-electron chi connectivity index (χ2n) is 26.7. The Hall–Kier alpha value is -2.69. The van der Waals surface area contributed by atoms with Gasteiger partial charge in [0.2, 0.25) is 6.10 Å². The van der Waals surface area contributed by atoms with Crippen LogP contribution < -0.4 is 0 Å². The Kier molecular flexibility index (Phi) is 33.2. The van der Waals surface area contributed by atoms with Crippen LogP contribution in [0.2, 0.25) is 0 Å². The van der Waals surface area contributed by atoms with Gasteiger partial charge in [-0.05, 0) is 219 Å². The zero-order valence-corrected chi connectivity index (χ0v) is 46.9. The van der Waals surface area contributed by atoms with Crippen molar-refractivity contribution in [2.75, 3.05) is 6.61 Å². The average molecular weight is 1110 g/mol. The average Bonchev–Trinajstić information content (AvgIpc) is 3.70. The third-order valence-corrected chi connectivity index (χ3v) is 19.5. The number of hydrogen-bond acceptors (Lipinski definition) is 11. The predicted octanol–water partition coefficient (Wildman–Crippen LogP) is 18.3. The highest BCUT2D eigenvalue weighted by Gasteiger charge is 2.62. The summed E-state index contributed by atoms with van der Waals surface area (Å²) in [6.07, 6.45) is 22.0. The number of hydrogen-bond donors (Lipinski definition) is 1. The highest BCUT2D eigenvalue weighted by atomic mass is 16.6. The number of ether oxygens (including phenoxy) is 5. The Labute approximate surface area is 483 Å². The molecule has 3 unspecified atom stereocenters. The van der Waals surface area contributed by atoms with E-state index in [2.05, 4.69) is 27.7 Å². The molecule has 0 spiro atoms. The number of rotatable bonds is 14. The Morgan fingerprint density at radius 1 is 0.551 bits per heavy atom. The number of carbonyl (C=O) groups excluding carboxylic acids is 5. The normalized spacial score (nSPS) is 30.2. The summed E-state index contributed by atoms with van der Waals surface area (Å²) < 4.78 is 28.0. The van der Waals surface area contributed by atoms with Crippen LogP contribution in [0.3, 0.4) is 0 Å². The van der Waals surface area contributed by atoms with Gasteiger partial charge in [-0.25, -0.2) is 4.79 Å². The van der Waals surface area contributed by atoms with Crippen molar-refractivity contribution in [1.82, 2.24) is 0 Å². The highest BCUT2D eigenvalue weighted by molar-refractivity contribution is 5.83. The molecule has 78 heavy (non-hydrogen) atoms. The second kappa shape index (κ2) is 31.7. The Balaban J connectivity index is -0.000000457. The highest BCUT2D eigenvalue weighted by Crippen LogP contribution is 2.62. The molecule has 10 aliphatic rings. The minimum absolute atomic E-state index is 0. The van der Waals surface area contributed by atoms with Gasteiger partial charge in [0.1, 0.15) is 16.8 Å². The van der Waals surface area contributed by atoms with E-state index in [9.17, 15) is 29.1 Å². The van der Waals surface area contributed by atoms with Crippen molar-refractivity contribution in [2.45, 2.75) is 333 Å². The quantitative estimate of drug-likeness (QED) is 0.131. The molecular formula is C67H132O11. The molecule has 1 heterocycles. The summed E-state index contributed by atoms with van der Waals surface area (Å²) in [5, 5.41) is 10.6. The molecule has 1 N–H and O–H groups in total. The molecule has 0 aromatic rings. The lowest BCUT2D eigenvalue weighted by Gasteiger charge is -2.62. The molecule has 0 aromatic heterocycles. The lowest BCUT2D eigenvalue weighted by molar-refractivity contribution is -0.231. The van der Waals surface area contributed by atoms with Gasteiger partial charge in [-0.15, -0.1) is 0 Å². The van der Waals surface area contributed by atoms with E-state index in [0.29, 0.717) is 55.5 Å². The van der Waals surface area contributed by atoms with Crippen LogP contribution in [0.25, 0.3) is 0 Å². The zero-order valence-electron chi connectivity index (χ0n) is 46.9. The van der Waals surface area contributed by atoms with Crippen LogP contribution in [0.4, 0.5) is 0 Å². The van der Waals surface area contributed by atoms with Crippen LogP contribution in [-0.2, 0) is 47.7 Å². The SMILES string of the molecule is C.C.C.C.C.C.C.C.CCC(C)(C)C(=O)OC1(C(C)C)C2CC3CC(C2)CC1C3.CCC(C)(C)C(=O)OC12CC3CC(CC(O)(C3)C1)C2.CCC(C)(C)C(=O)OC1CCOC1=O.CCC1(OC(=O)C(C)(C)CC)CCCCC1. The minimum atomic E-state index is -0.687. The van der Waals surface area contributed by atoms with Crippen molar-refractivity contribution >= 4 is 29.8 Å². The van der Waals surface area contributed by atoms with Gasteiger partial charge in [0, 0.05) is 12.8 Å². The molecule has 1 aliphatic heterocycles. The number of cyclic esters (lactones) is 1. The maximum atomic E-state index is 12.8. The van der Waals surface area contributed by atoms with Crippen LogP contribution in [0, 0.1) is 63.1 Å². The first-order chi connectivity index (χ1) is 32.5. The van der Waals surface area contributed by atoms with Gasteiger partial charge in [0.05, 0.1) is 33.9 Å². The molecule has 11 nitrogen and oxygen atoms in total. The maximum Gasteiger partial charge on any atom is 0.347 e. The molecule has 11 heteroatoms. The van der Waals surface area contributed by atoms with Crippen molar-refractivity contribution in [1.29, 1.82) is 0 Å². The maximum absolute atomic E-state index is 12.8. The molecule has 3 atom stereocenters. The molecule has 0 amide bonds.